The number of nitrogens with two attached hydrogens (primary N) is 1. The molecular weight excluding hydrogens is 398 g/mol. The molecule has 4 aliphatic carbocycles. The lowest BCUT2D eigenvalue weighted by molar-refractivity contribution is -0.195. The fourth-order valence-corrected chi connectivity index (χ4v) is 10.3. The van der Waals surface area contributed by atoms with Crippen LogP contribution in [0.4, 0.5) is 0 Å². The van der Waals surface area contributed by atoms with Gasteiger partial charge in [-0.05, 0) is 115 Å². The predicted octanol–water partition coefficient (Wildman–Crippen LogP) is 9.26. The van der Waals surface area contributed by atoms with E-state index in [0.717, 1.165) is 54.8 Å². The second-order valence-electron chi connectivity index (χ2n) is 13.8. The molecule has 0 amide bonds. The van der Waals surface area contributed by atoms with Crippen LogP contribution in [0.25, 0.3) is 0 Å². The molecule has 2 N–H and O–H groups in total. The molecule has 1 nitrogen and oxygen atoms in total. The molecule has 0 heterocycles. The molecule has 1 heteroatoms. The SMILES string of the molecule is C=C(CC)CCC(N)C1CCC2C3C(C)CC4(C)CC(C)CCC4(C)C3CC(C)C12C.CC. The minimum Gasteiger partial charge on any atom is -0.327 e. The second-order valence-corrected chi connectivity index (χ2v) is 13.8. The molecule has 4 aliphatic rings. The van der Waals surface area contributed by atoms with Gasteiger partial charge in [-0.1, -0.05) is 80.9 Å². The van der Waals surface area contributed by atoms with Gasteiger partial charge in [-0.25, -0.2) is 0 Å². The van der Waals surface area contributed by atoms with Crippen LogP contribution < -0.4 is 5.73 Å². The van der Waals surface area contributed by atoms with E-state index in [2.05, 4.69) is 55.0 Å². The summed E-state index contributed by atoms with van der Waals surface area (Å²) in [6.45, 7) is 26.3. The molecule has 0 bridgehead atoms. The van der Waals surface area contributed by atoms with Crippen molar-refractivity contribution in [2.45, 2.75) is 133 Å². The third-order valence-electron chi connectivity index (χ3n) is 12.4. The average molecular weight is 458 g/mol. The van der Waals surface area contributed by atoms with Crippen LogP contribution in [0.3, 0.4) is 0 Å². The average Bonchev–Trinajstić information content (AvgIpc) is 3.13. The van der Waals surface area contributed by atoms with E-state index in [9.17, 15) is 0 Å². The smallest absolute Gasteiger partial charge is 0.00756 e. The summed E-state index contributed by atoms with van der Waals surface area (Å²) in [5.41, 5.74) is 9.88. The highest BCUT2D eigenvalue weighted by atomic mass is 14.8. The van der Waals surface area contributed by atoms with E-state index in [0.29, 0.717) is 28.2 Å². The molecular formula is C32H59N. The topological polar surface area (TPSA) is 26.0 Å². The monoisotopic (exact) mass is 457 g/mol. The zero-order chi connectivity index (χ0) is 24.8. The Bertz CT molecular complexity index is 682. The molecule has 0 aliphatic heterocycles. The van der Waals surface area contributed by atoms with Gasteiger partial charge < -0.3 is 5.73 Å². The molecule has 4 saturated carbocycles. The first-order valence-corrected chi connectivity index (χ1v) is 14.9. The molecule has 0 spiro atoms. The van der Waals surface area contributed by atoms with Crippen molar-refractivity contribution in [3.63, 3.8) is 0 Å². The van der Waals surface area contributed by atoms with Crippen molar-refractivity contribution in [3.05, 3.63) is 12.2 Å². The Morgan fingerprint density at radius 2 is 1.67 bits per heavy atom. The minimum absolute atomic E-state index is 0.354. The van der Waals surface area contributed by atoms with Gasteiger partial charge in [0.1, 0.15) is 0 Å². The molecule has 4 fully saturated rings. The van der Waals surface area contributed by atoms with Crippen LogP contribution in [0, 0.1) is 57.7 Å². The minimum atomic E-state index is 0.354. The van der Waals surface area contributed by atoms with Crippen molar-refractivity contribution in [1.29, 1.82) is 0 Å². The van der Waals surface area contributed by atoms with Crippen LogP contribution >= 0.6 is 0 Å². The van der Waals surface area contributed by atoms with Gasteiger partial charge in [0, 0.05) is 6.04 Å². The van der Waals surface area contributed by atoms with Gasteiger partial charge >= 0.3 is 0 Å². The van der Waals surface area contributed by atoms with Crippen molar-refractivity contribution >= 4 is 0 Å². The normalized spacial score (nSPS) is 49.7. The van der Waals surface area contributed by atoms with Crippen LogP contribution in [-0.2, 0) is 0 Å². The standard InChI is InChI=1S/C30H53N.C2H6/c1-9-19(2)10-13-26(31)23-11-12-24-27-21(4)18-28(6)17-20(3)14-15-29(28,7)25(27)16-22(5)30(23,24)8;1-2/h20-27H,2,9-18,31H2,1,3-8H3;1-2H3. The van der Waals surface area contributed by atoms with Crippen molar-refractivity contribution in [1.82, 2.24) is 0 Å². The summed E-state index contributed by atoms with van der Waals surface area (Å²) in [6, 6.07) is 0.354. The number of hydrogen-bond acceptors (Lipinski definition) is 1. The summed E-state index contributed by atoms with van der Waals surface area (Å²) in [7, 11) is 0. The Hall–Kier alpha value is -0.300. The molecule has 4 rings (SSSR count). The Balaban J connectivity index is 0.00000149. The molecule has 0 aromatic carbocycles. The van der Waals surface area contributed by atoms with Crippen LogP contribution in [0.5, 0.6) is 0 Å². The quantitative estimate of drug-likeness (QED) is 0.409. The lowest BCUT2D eigenvalue weighted by Gasteiger charge is -2.68. The number of hydrogen-bond donors (Lipinski definition) is 1. The Morgan fingerprint density at radius 1 is 1.00 bits per heavy atom. The number of allylic oxidation sites excluding steroid dienone is 1. The fourth-order valence-electron chi connectivity index (χ4n) is 10.3. The van der Waals surface area contributed by atoms with Crippen molar-refractivity contribution in [2.24, 2.45) is 63.4 Å². The molecule has 33 heavy (non-hydrogen) atoms. The highest BCUT2D eigenvalue weighted by Gasteiger charge is 2.66. The highest BCUT2D eigenvalue weighted by molar-refractivity contribution is 5.15. The molecule has 11 unspecified atom stereocenters. The first kappa shape index (κ1) is 27.3. The second kappa shape index (κ2) is 9.99. The Labute approximate surface area is 208 Å². The maximum atomic E-state index is 6.97. The van der Waals surface area contributed by atoms with E-state index in [4.69, 9.17) is 5.73 Å². The lowest BCUT2D eigenvalue weighted by Crippen LogP contribution is -2.62. The van der Waals surface area contributed by atoms with E-state index < -0.39 is 0 Å². The molecule has 0 aromatic heterocycles. The summed E-state index contributed by atoms with van der Waals surface area (Å²) in [5.74, 6) is 6.05. The van der Waals surface area contributed by atoms with Crippen LogP contribution in [0.15, 0.2) is 12.2 Å². The summed E-state index contributed by atoms with van der Waals surface area (Å²) in [5, 5.41) is 0. The molecule has 11 atom stereocenters. The molecule has 0 saturated heterocycles. The van der Waals surface area contributed by atoms with E-state index in [1.807, 2.05) is 13.8 Å². The van der Waals surface area contributed by atoms with Gasteiger partial charge in [0.15, 0.2) is 0 Å². The summed E-state index contributed by atoms with van der Waals surface area (Å²) in [4.78, 5) is 0. The molecule has 192 valence electrons. The van der Waals surface area contributed by atoms with Gasteiger partial charge in [0.2, 0.25) is 0 Å². The van der Waals surface area contributed by atoms with Crippen molar-refractivity contribution in [2.75, 3.05) is 0 Å². The zero-order valence-electron chi connectivity index (χ0n) is 24.0. The van der Waals surface area contributed by atoms with Crippen LogP contribution in [0.1, 0.15) is 127 Å². The summed E-state index contributed by atoms with van der Waals surface area (Å²) in [6.07, 6.45) is 13.5. The zero-order valence-corrected chi connectivity index (χ0v) is 24.0. The highest BCUT2D eigenvalue weighted by Crippen LogP contribution is 2.73. The molecule has 0 radical (unpaired) electrons. The van der Waals surface area contributed by atoms with Crippen molar-refractivity contribution in [3.8, 4) is 0 Å². The van der Waals surface area contributed by atoms with Gasteiger partial charge in [-0.2, -0.15) is 0 Å². The van der Waals surface area contributed by atoms with Gasteiger partial charge in [-0.15, -0.1) is 0 Å². The lowest BCUT2D eigenvalue weighted by atomic mass is 9.37. The van der Waals surface area contributed by atoms with Crippen molar-refractivity contribution < 1.29 is 0 Å². The van der Waals surface area contributed by atoms with Gasteiger partial charge in [0.05, 0.1) is 0 Å². The Morgan fingerprint density at radius 3 is 2.30 bits per heavy atom. The van der Waals surface area contributed by atoms with E-state index >= 15 is 0 Å². The predicted molar refractivity (Wildman–Crippen MR) is 146 cm³/mol. The van der Waals surface area contributed by atoms with Gasteiger partial charge in [-0.3, -0.25) is 0 Å². The maximum absolute atomic E-state index is 6.97. The van der Waals surface area contributed by atoms with Gasteiger partial charge in [0.25, 0.3) is 0 Å². The fraction of sp³-hybridized carbons (Fsp3) is 0.938. The Kier molecular flexibility index (Phi) is 8.26. The first-order valence-electron chi connectivity index (χ1n) is 14.9. The van der Waals surface area contributed by atoms with Crippen LogP contribution in [-0.4, -0.2) is 6.04 Å². The third kappa shape index (κ3) is 4.29. The van der Waals surface area contributed by atoms with E-state index in [-0.39, 0.29) is 0 Å². The first-order chi connectivity index (χ1) is 15.5. The molecule has 0 aromatic rings. The number of rotatable bonds is 5. The summed E-state index contributed by atoms with van der Waals surface area (Å²) >= 11 is 0. The summed E-state index contributed by atoms with van der Waals surface area (Å²) < 4.78 is 0. The van der Waals surface area contributed by atoms with E-state index in [1.165, 1.54) is 50.5 Å². The maximum Gasteiger partial charge on any atom is 0.00756 e. The number of fused-ring (bicyclic) bond motifs is 5. The largest absolute Gasteiger partial charge is 0.327 e. The van der Waals surface area contributed by atoms with E-state index in [1.54, 1.807) is 0 Å². The van der Waals surface area contributed by atoms with Crippen LogP contribution in [0.2, 0.25) is 0 Å². The third-order valence-corrected chi connectivity index (χ3v) is 12.4.